The van der Waals surface area contributed by atoms with Crippen LogP contribution in [0.4, 0.5) is 8.78 Å². The highest BCUT2D eigenvalue weighted by Crippen LogP contribution is 2.37. The normalized spacial score (nSPS) is 13.9. The van der Waals surface area contributed by atoms with E-state index >= 15 is 0 Å². The van der Waals surface area contributed by atoms with Gasteiger partial charge in [-0.05, 0) is 40.1 Å². The molecule has 1 N–H and O–H groups in total. The maximum atomic E-state index is 14.1. The first-order chi connectivity index (χ1) is 8.94. The molecule has 19 heavy (non-hydrogen) atoms. The molecule has 4 heteroatoms. The zero-order chi connectivity index (χ0) is 14.6. The summed E-state index contributed by atoms with van der Waals surface area (Å²) in [5.41, 5.74) is 0.142. The molecule has 0 heterocycles. The Bertz CT molecular complexity index is 415. The van der Waals surface area contributed by atoms with E-state index in [0.717, 1.165) is 18.9 Å². The molecule has 0 bridgehead atoms. The summed E-state index contributed by atoms with van der Waals surface area (Å²) in [6.07, 6.45) is 1.69. The Balaban J connectivity index is 3.36. The maximum Gasteiger partial charge on any atom is 0.163 e. The number of likely N-dealkylation sites (N-methyl/N-ethyl adjacent to an activating group) is 2. The Kier molecular flexibility index (Phi) is 5.44. The Morgan fingerprint density at radius 1 is 1.21 bits per heavy atom. The largest absolute Gasteiger partial charge is 0.311 e. The first-order valence-electron chi connectivity index (χ1n) is 6.73. The molecule has 0 saturated carbocycles. The number of benzene rings is 1. The van der Waals surface area contributed by atoms with E-state index in [-0.39, 0.29) is 11.6 Å². The second kappa shape index (κ2) is 6.44. The number of hydrogen-bond donors (Lipinski definition) is 1. The molecule has 1 aromatic carbocycles. The van der Waals surface area contributed by atoms with Crippen LogP contribution in [0, 0.1) is 11.6 Å². The van der Waals surface area contributed by atoms with Crippen LogP contribution in [0.15, 0.2) is 18.2 Å². The lowest BCUT2D eigenvalue weighted by Gasteiger charge is -2.45. The number of hydrogen-bond acceptors (Lipinski definition) is 2. The molecule has 0 aromatic heterocycles. The minimum absolute atomic E-state index is 0.247. The van der Waals surface area contributed by atoms with Crippen molar-refractivity contribution < 1.29 is 8.78 Å². The molecule has 1 rings (SSSR count). The number of rotatable bonds is 6. The summed E-state index contributed by atoms with van der Waals surface area (Å²) in [6.45, 7) is 4.15. The second-order valence-electron chi connectivity index (χ2n) is 5.07. The lowest BCUT2D eigenvalue weighted by atomic mass is 9.79. The average Bonchev–Trinajstić information content (AvgIpc) is 2.39. The molecule has 0 radical (unpaired) electrons. The fourth-order valence-electron chi connectivity index (χ4n) is 3.01. The van der Waals surface area contributed by atoms with Crippen LogP contribution in [0.5, 0.6) is 0 Å². The van der Waals surface area contributed by atoms with Gasteiger partial charge < -0.3 is 10.2 Å². The SMILES string of the molecule is CCC(CC)(C(NC)c1cccc(F)c1F)N(C)C. The Hall–Kier alpha value is -1.00. The van der Waals surface area contributed by atoms with E-state index in [2.05, 4.69) is 24.1 Å². The van der Waals surface area contributed by atoms with Crippen LogP contribution in [0.1, 0.15) is 38.3 Å². The maximum absolute atomic E-state index is 14.1. The van der Waals surface area contributed by atoms with Crippen LogP contribution in [-0.4, -0.2) is 31.6 Å². The molecular formula is C15H24F2N2. The fraction of sp³-hybridized carbons (Fsp3) is 0.600. The van der Waals surface area contributed by atoms with E-state index in [0.29, 0.717) is 5.56 Å². The first-order valence-corrected chi connectivity index (χ1v) is 6.73. The minimum atomic E-state index is -0.794. The van der Waals surface area contributed by atoms with Crippen LogP contribution < -0.4 is 5.32 Å². The highest BCUT2D eigenvalue weighted by molar-refractivity contribution is 5.26. The van der Waals surface area contributed by atoms with Gasteiger partial charge in [0.15, 0.2) is 11.6 Å². The Labute approximate surface area is 114 Å². The van der Waals surface area contributed by atoms with E-state index in [9.17, 15) is 8.78 Å². The van der Waals surface area contributed by atoms with Gasteiger partial charge in [0.1, 0.15) is 0 Å². The van der Waals surface area contributed by atoms with Crippen LogP contribution in [0.3, 0.4) is 0 Å². The van der Waals surface area contributed by atoms with Crippen LogP contribution in [0.2, 0.25) is 0 Å². The van der Waals surface area contributed by atoms with Crippen molar-refractivity contribution in [2.75, 3.05) is 21.1 Å². The summed E-state index contributed by atoms with van der Waals surface area (Å²) in [5, 5.41) is 3.16. The summed E-state index contributed by atoms with van der Waals surface area (Å²) in [5.74, 6) is -1.55. The fourth-order valence-corrected chi connectivity index (χ4v) is 3.01. The molecule has 0 aliphatic heterocycles. The molecule has 108 valence electrons. The topological polar surface area (TPSA) is 15.3 Å². The van der Waals surface area contributed by atoms with Crippen LogP contribution in [-0.2, 0) is 0 Å². The molecule has 0 aliphatic carbocycles. The van der Waals surface area contributed by atoms with Crippen molar-refractivity contribution >= 4 is 0 Å². The standard InChI is InChI=1S/C15H24F2N2/c1-6-15(7-2,19(4)5)14(18-3)11-9-8-10-12(16)13(11)17/h8-10,14,18H,6-7H2,1-5H3. The zero-order valence-corrected chi connectivity index (χ0v) is 12.4. The van der Waals surface area contributed by atoms with Gasteiger partial charge in [-0.25, -0.2) is 8.78 Å². The number of nitrogens with one attached hydrogen (secondary N) is 1. The van der Waals surface area contributed by atoms with Crippen molar-refractivity contribution in [1.29, 1.82) is 0 Å². The lowest BCUT2D eigenvalue weighted by molar-refractivity contribution is 0.0898. The number of nitrogens with zero attached hydrogens (tertiary/aromatic N) is 1. The smallest absolute Gasteiger partial charge is 0.163 e. The molecule has 1 aromatic rings. The summed E-state index contributed by atoms with van der Waals surface area (Å²) in [7, 11) is 5.75. The van der Waals surface area contributed by atoms with Gasteiger partial charge >= 0.3 is 0 Å². The van der Waals surface area contributed by atoms with E-state index in [4.69, 9.17) is 0 Å². The molecule has 0 fully saturated rings. The van der Waals surface area contributed by atoms with Crippen molar-refractivity contribution in [1.82, 2.24) is 10.2 Å². The van der Waals surface area contributed by atoms with Gasteiger partial charge in [0.25, 0.3) is 0 Å². The molecule has 0 aliphatic rings. The van der Waals surface area contributed by atoms with E-state index in [1.165, 1.54) is 0 Å². The van der Waals surface area contributed by atoms with Crippen LogP contribution in [0.25, 0.3) is 0 Å². The van der Waals surface area contributed by atoms with E-state index in [1.54, 1.807) is 19.2 Å². The third-order valence-electron chi connectivity index (χ3n) is 4.23. The molecule has 0 amide bonds. The molecule has 1 atom stereocenters. The quantitative estimate of drug-likeness (QED) is 0.853. The summed E-state index contributed by atoms with van der Waals surface area (Å²) >= 11 is 0. The Morgan fingerprint density at radius 3 is 2.21 bits per heavy atom. The van der Waals surface area contributed by atoms with Crippen molar-refractivity contribution in [2.45, 2.75) is 38.3 Å². The van der Waals surface area contributed by atoms with Gasteiger partial charge in [-0.1, -0.05) is 26.0 Å². The lowest BCUT2D eigenvalue weighted by Crippen LogP contribution is -2.52. The average molecular weight is 270 g/mol. The van der Waals surface area contributed by atoms with Gasteiger partial charge in [0.05, 0.1) is 6.04 Å². The van der Waals surface area contributed by atoms with Gasteiger partial charge in [0.2, 0.25) is 0 Å². The first kappa shape index (κ1) is 16.1. The predicted molar refractivity (Wildman–Crippen MR) is 75.2 cm³/mol. The molecular weight excluding hydrogens is 246 g/mol. The molecule has 1 unspecified atom stereocenters. The monoisotopic (exact) mass is 270 g/mol. The third kappa shape index (κ3) is 2.79. The predicted octanol–water partition coefficient (Wildman–Crippen LogP) is 3.35. The third-order valence-corrected chi connectivity index (χ3v) is 4.23. The number of halogens is 2. The zero-order valence-electron chi connectivity index (χ0n) is 12.4. The minimum Gasteiger partial charge on any atom is -0.311 e. The second-order valence-corrected chi connectivity index (χ2v) is 5.07. The van der Waals surface area contributed by atoms with Gasteiger partial charge in [-0.3, -0.25) is 0 Å². The van der Waals surface area contributed by atoms with Gasteiger partial charge in [-0.15, -0.1) is 0 Å². The molecule has 0 saturated heterocycles. The van der Waals surface area contributed by atoms with Gasteiger partial charge in [-0.2, -0.15) is 0 Å². The van der Waals surface area contributed by atoms with Crippen molar-refractivity contribution in [3.63, 3.8) is 0 Å². The summed E-state index contributed by atoms with van der Waals surface area (Å²) in [6, 6.07) is 4.11. The molecule has 0 spiro atoms. The Morgan fingerprint density at radius 2 is 1.79 bits per heavy atom. The van der Waals surface area contributed by atoms with E-state index < -0.39 is 11.6 Å². The van der Waals surface area contributed by atoms with Crippen molar-refractivity contribution in [3.8, 4) is 0 Å². The van der Waals surface area contributed by atoms with Crippen molar-refractivity contribution in [2.24, 2.45) is 0 Å². The summed E-state index contributed by atoms with van der Waals surface area (Å²) in [4.78, 5) is 2.10. The summed E-state index contributed by atoms with van der Waals surface area (Å²) < 4.78 is 27.5. The van der Waals surface area contributed by atoms with E-state index in [1.807, 2.05) is 14.1 Å². The highest BCUT2D eigenvalue weighted by Gasteiger charge is 2.39. The van der Waals surface area contributed by atoms with Crippen LogP contribution >= 0.6 is 0 Å². The van der Waals surface area contributed by atoms with Crippen molar-refractivity contribution in [3.05, 3.63) is 35.4 Å². The molecule has 2 nitrogen and oxygen atoms in total. The van der Waals surface area contributed by atoms with Gasteiger partial charge in [0, 0.05) is 11.1 Å². The highest BCUT2D eigenvalue weighted by atomic mass is 19.2.